The second-order valence-corrected chi connectivity index (χ2v) is 7.14. The minimum Gasteiger partial charge on any atom is -0.392 e. The van der Waals surface area contributed by atoms with Crippen molar-refractivity contribution in [2.75, 3.05) is 0 Å². The first kappa shape index (κ1) is 11.9. The molecule has 4 saturated carbocycles. The molecule has 0 aromatic carbocycles. The Labute approximate surface area is 115 Å². The van der Waals surface area contributed by atoms with Crippen LogP contribution in [-0.4, -0.2) is 16.2 Å². The smallest absolute Gasteiger partial charge is 0.0614 e. The van der Waals surface area contributed by atoms with Crippen LogP contribution in [0.1, 0.15) is 37.7 Å². The van der Waals surface area contributed by atoms with Crippen molar-refractivity contribution in [3.63, 3.8) is 0 Å². The summed E-state index contributed by atoms with van der Waals surface area (Å²) in [6.45, 7) is 0. The summed E-state index contributed by atoms with van der Waals surface area (Å²) in [5.74, 6) is 4.18. The van der Waals surface area contributed by atoms with E-state index < -0.39 is 0 Å². The van der Waals surface area contributed by atoms with Crippen molar-refractivity contribution < 1.29 is 5.11 Å². The fourth-order valence-corrected chi connectivity index (χ4v) is 5.49. The molecule has 1 atom stereocenters. The molecule has 1 N–H and O–H groups in total. The van der Waals surface area contributed by atoms with E-state index in [-0.39, 0.29) is 6.10 Å². The minimum atomic E-state index is -0.141. The lowest BCUT2D eigenvalue weighted by Crippen LogP contribution is -2.49. The summed E-state index contributed by atoms with van der Waals surface area (Å²) < 4.78 is 0. The van der Waals surface area contributed by atoms with Gasteiger partial charge in [0.1, 0.15) is 0 Å². The molecule has 4 aliphatic carbocycles. The number of pyridine rings is 1. The molecule has 1 unspecified atom stereocenters. The van der Waals surface area contributed by atoms with Crippen LogP contribution in [0.15, 0.2) is 24.5 Å². The van der Waals surface area contributed by atoms with E-state index in [4.69, 9.17) is 0 Å². The zero-order valence-corrected chi connectivity index (χ0v) is 11.4. The molecule has 5 rings (SSSR count). The fraction of sp³-hybridized carbons (Fsp3) is 0.706. The van der Waals surface area contributed by atoms with E-state index in [9.17, 15) is 5.11 Å². The van der Waals surface area contributed by atoms with Gasteiger partial charge in [-0.05, 0) is 85.8 Å². The molecular weight excluding hydrogens is 234 g/mol. The second-order valence-electron chi connectivity index (χ2n) is 7.14. The molecule has 102 valence electrons. The van der Waals surface area contributed by atoms with Crippen molar-refractivity contribution in [3.05, 3.63) is 30.1 Å². The Morgan fingerprint density at radius 2 is 1.58 bits per heavy atom. The highest BCUT2D eigenvalue weighted by molar-refractivity contribution is 5.12. The van der Waals surface area contributed by atoms with Gasteiger partial charge in [0.05, 0.1) is 6.10 Å². The number of aliphatic hydroxyl groups excluding tert-OH is 1. The summed E-state index contributed by atoms with van der Waals surface area (Å²) in [4.78, 5) is 4.06. The van der Waals surface area contributed by atoms with Gasteiger partial charge in [-0.3, -0.25) is 4.98 Å². The van der Waals surface area contributed by atoms with Gasteiger partial charge in [0.15, 0.2) is 0 Å². The van der Waals surface area contributed by atoms with Gasteiger partial charge in [0, 0.05) is 12.4 Å². The summed E-state index contributed by atoms with van der Waals surface area (Å²) in [5, 5.41) is 10.7. The van der Waals surface area contributed by atoms with E-state index in [1.54, 1.807) is 0 Å². The normalized spacial score (nSPS) is 41.4. The molecule has 2 nitrogen and oxygen atoms in total. The van der Waals surface area contributed by atoms with Crippen LogP contribution >= 0.6 is 0 Å². The van der Waals surface area contributed by atoms with Gasteiger partial charge in [0.25, 0.3) is 0 Å². The van der Waals surface area contributed by atoms with Crippen molar-refractivity contribution in [2.24, 2.45) is 29.6 Å². The summed E-state index contributed by atoms with van der Waals surface area (Å²) in [6, 6.07) is 4.08. The van der Waals surface area contributed by atoms with Gasteiger partial charge >= 0.3 is 0 Å². The van der Waals surface area contributed by atoms with Crippen molar-refractivity contribution >= 4 is 0 Å². The zero-order chi connectivity index (χ0) is 12.8. The van der Waals surface area contributed by atoms with E-state index in [1.807, 2.05) is 24.5 Å². The third kappa shape index (κ3) is 2.10. The van der Waals surface area contributed by atoms with Gasteiger partial charge < -0.3 is 5.11 Å². The Bertz CT molecular complexity index is 416. The lowest BCUT2D eigenvalue weighted by atomic mass is 9.50. The first-order chi connectivity index (χ1) is 9.29. The van der Waals surface area contributed by atoms with E-state index in [0.717, 1.165) is 30.1 Å². The number of nitrogens with zero attached hydrogens (tertiary/aromatic N) is 1. The molecule has 0 amide bonds. The standard InChI is InChI=1S/C17H23NO/c19-16(10-11-1-3-18-4-2-11)17-14-6-12-5-13(8-14)9-15(17)7-12/h1-4,12-17,19H,5-10H2. The summed E-state index contributed by atoms with van der Waals surface area (Å²) in [5.41, 5.74) is 1.23. The summed E-state index contributed by atoms with van der Waals surface area (Å²) >= 11 is 0. The van der Waals surface area contributed by atoms with Crippen LogP contribution in [0.25, 0.3) is 0 Å². The van der Waals surface area contributed by atoms with E-state index in [0.29, 0.717) is 5.92 Å². The van der Waals surface area contributed by atoms with Crippen molar-refractivity contribution in [1.82, 2.24) is 4.98 Å². The first-order valence-corrected chi connectivity index (χ1v) is 7.86. The quantitative estimate of drug-likeness (QED) is 0.902. The van der Waals surface area contributed by atoms with Gasteiger partial charge in [0.2, 0.25) is 0 Å². The van der Waals surface area contributed by atoms with Crippen molar-refractivity contribution in [3.8, 4) is 0 Å². The summed E-state index contributed by atoms with van der Waals surface area (Å²) in [7, 11) is 0. The molecule has 0 aliphatic heterocycles. The van der Waals surface area contributed by atoms with E-state index in [2.05, 4.69) is 4.98 Å². The molecule has 4 fully saturated rings. The lowest BCUT2D eigenvalue weighted by molar-refractivity contribution is -0.0887. The van der Waals surface area contributed by atoms with Crippen LogP contribution < -0.4 is 0 Å². The number of aliphatic hydroxyl groups is 1. The summed E-state index contributed by atoms with van der Waals surface area (Å²) in [6.07, 6.45) is 11.4. The monoisotopic (exact) mass is 257 g/mol. The molecule has 0 saturated heterocycles. The van der Waals surface area contributed by atoms with Crippen molar-refractivity contribution in [2.45, 2.75) is 44.6 Å². The van der Waals surface area contributed by atoms with Crippen LogP contribution in [0.2, 0.25) is 0 Å². The molecule has 0 radical (unpaired) electrons. The van der Waals surface area contributed by atoms with E-state index >= 15 is 0 Å². The number of rotatable bonds is 3. The van der Waals surface area contributed by atoms with Gasteiger partial charge in [-0.15, -0.1) is 0 Å². The molecule has 1 aromatic rings. The Kier molecular flexibility index (Phi) is 2.87. The molecule has 4 aliphatic rings. The molecule has 1 heterocycles. The molecule has 0 spiro atoms. The third-order valence-electron chi connectivity index (χ3n) is 5.94. The predicted octanol–water partition coefficient (Wildman–Crippen LogP) is 3.06. The van der Waals surface area contributed by atoms with Crippen LogP contribution in [0.5, 0.6) is 0 Å². The van der Waals surface area contributed by atoms with Gasteiger partial charge in [-0.2, -0.15) is 0 Å². The zero-order valence-electron chi connectivity index (χ0n) is 11.4. The highest BCUT2D eigenvalue weighted by Gasteiger charge is 2.50. The highest BCUT2D eigenvalue weighted by Crippen LogP contribution is 2.57. The third-order valence-corrected chi connectivity index (χ3v) is 5.94. The molecule has 1 aromatic heterocycles. The Morgan fingerprint density at radius 3 is 2.16 bits per heavy atom. The topological polar surface area (TPSA) is 33.1 Å². The maximum Gasteiger partial charge on any atom is 0.0614 e. The van der Waals surface area contributed by atoms with Gasteiger partial charge in [-0.25, -0.2) is 0 Å². The van der Waals surface area contributed by atoms with Crippen LogP contribution in [0.3, 0.4) is 0 Å². The second kappa shape index (κ2) is 4.59. The average Bonchev–Trinajstić information content (AvgIpc) is 2.38. The number of aromatic nitrogens is 1. The Morgan fingerprint density at radius 1 is 1.00 bits per heavy atom. The van der Waals surface area contributed by atoms with Crippen molar-refractivity contribution in [1.29, 1.82) is 0 Å². The van der Waals surface area contributed by atoms with E-state index in [1.165, 1.54) is 37.7 Å². The Balaban J connectivity index is 1.50. The highest BCUT2D eigenvalue weighted by atomic mass is 16.3. The maximum absolute atomic E-state index is 10.7. The predicted molar refractivity (Wildman–Crippen MR) is 74.5 cm³/mol. The minimum absolute atomic E-state index is 0.141. The maximum atomic E-state index is 10.7. The largest absolute Gasteiger partial charge is 0.392 e. The number of hydrogen-bond donors (Lipinski definition) is 1. The number of hydrogen-bond acceptors (Lipinski definition) is 2. The lowest BCUT2D eigenvalue weighted by Gasteiger charge is -2.55. The molecule has 4 bridgehead atoms. The average molecular weight is 257 g/mol. The molecular formula is C17H23NO. The van der Waals surface area contributed by atoms with Gasteiger partial charge in [-0.1, -0.05) is 0 Å². The fourth-order valence-electron chi connectivity index (χ4n) is 5.49. The molecule has 2 heteroatoms. The van der Waals surface area contributed by atoms with Crippen LogP contribution in [0.4, 0.5) is 0 Å². The Hall–Kier alpha value is -0.890. The van der Waals surface area contributed by atoms with Crippen LogP contribution in [-0.2, 0) is 6.42 Å². The SMILES string of the molecule is OC(Cc1ccncc1)C1C2CC3CC(C2)CC1C3. The molecule has 19 heavy (non-hydrogen) atoms. The van der Waals surface area contributed by atoms with Crippen LogP contribution in [0, 0.1) is 29.6 Å². The first-order valence-electron chi connectivity index (χ1n) is 7.86.